The predicted molar refractivity (Wildman–Crippen MR) is 145 cm³/mol. The first-order valence-electron chi connectivity index (χ1n) is 13.1. The van der Waals surface area contributed by atoms with Gasteiger partial charge in [0.15, 0.2) is 0 Å². The zero-order valence-corrected chi connectivity index (χ0v) is 21.9. The van der Waals surface area contributed by atoms with Crippen LogP contribution in [0.2, 0.25) is 0 Å². The second-order valence-corrected chi connectivity index (χ2v) is 10.5. The molecule has 0 radical (unpaired) electrons. The van der Waals surface area contributed by atoms with Crippen molar-refractivity contribution in [3.05, 3.63) is 89.6 Å². The van der Waals surface area contributed by atoms with E-state index in [1.54, 1.807) is 25.7 Å². The molecule has 1 aromatic carbocycles. The first kappa shape index (κ1) is 24.6. The van der Waals surface area contributed by atoms with Crippen LogP contribution in [-0.4, -0.2) is 68.7 Å². The third-order valence-electron chi connectivity index (χ3n) is 8.44. The molecule has 1 atom stereocenters. The van der Waals surface area contributed by atoms with Crippen LogP contribution in [0.15, 0.2) is 67.3 Å². The minimum atomic E-state index is -0.150. The Morgan fingerprint density at radius 1 is 1.11 bits per heavy atom. The van der Waals surface area contributed by atoms with Crippen LogP contribution in [0.4, 0.5) is 0 Å². The summed E-state index contributed by atoms with van der Waals surface area (Å²) in [6.45, 7) is 2.87. The van der Waals surface area contributed by atoms with Gasteiger partial charge in [-0.1, -0.05) is 6.07 Å². The number of methoxy groups -OCH3 is 1. The normalized spacial score (nSPS) is 19.0. The van der Waals surface area contributed by atoms with Gasteiger partial charge in [0, 0.05) is 80.6 Å². The molecular formula is C30H33N5O3. The van der Waals surface area contributed by atoms with Crippen LogP contribution < -0.4 is 4.74 Å². The Kier molecular flexibility index (Phi) is 6.37. The largest absolute Gasteiger partial charge is 0.497 e. The molecule has 0 saturated carbocycles. The first-order valence-corrected chi connectivity index (χ1v) is 13.1. The van der Waals surface area contributed by atoms with Gasteiger partial charge in [0.05, 0.1) is 30.8 Å². The van der Waals surface area contributed by atoms with Crippen LogP contribution in [0.25, 0.3) is 10.9 Å². The summed E-state index contributed by atoms with van der Waals surface area (Å²) in [5.74, 6) is 0.848. The van der Waals surface area contributed by atoms with Gasteiger partial charge < -0.3 is 19.3 Å². The van der Waals surface area contributed by atoms with Gasteiger partial charge >= 0.3 is 0 Å². The number of aromatic nitrogens is 3. The van der Waals surface area contributed by atoms with E-state index in [0.717, 1.165) is 41.9 Å². The third-order valence-corrected chi connectivity index (χ3v) is 8.44. The zero-order valence-electron chi connectivity index (χ0n) is 21.9. The van der Waals surface area contributed by atoms with Gasteiger partial charge in [-0.2, -0.15) is 0 Å². The van der Waals surface area contributed by atoms with E-state index in [4.69, 9.17) is 4.74 Å². The monoisotopic (exact) mass is 511 g/mol. The lowest BCUT2D eigenvalue weighted by molar-refractivity contribution is 0.0373. The quantitative estimate of drug-likeness (QED) is 0.440. The fraction of sp³-hybridized carbons (Fsp3) is 0.367. The van der Waals surface area contributed by atoms with Gasteiger partial charge in [-0.3, -0.25) is 19.7 Å². The van der Waals surface area contributed by atoms with Crippen LogP contribution in [-0.2, 0) is 19.0 Å². The minimum absolute atomic E-state index is 0.0241. The number of rotatable bonds is 5. The van der Waals surface area contributed by atoms with Crippen molar-refractivity contribution < 1.29 is 14.6 Å². The highest BCUT2D eigenvalue weighted by atomic mass is 16.5. The van der Waals surface area contributed by atoms with Crippen LogP contribution in [0.3, 0.4) is 0 Å². The van der Waals surface area contributed by atoms with E-state index in [1.165, 1.54) is 10.9 Å². The van der Waals surface area contributed by atoms with E-state index >= 15 is 0 Å². The van der Waals surface area contributed by atoms with Crippen molar-refractivity contribution >= 4 is 16.8 Å². The zero-order chi connectivity index (χ0) is 26.3. The molecule has 2 aliphatic heterocycles. The average Bonchev–Trinajstić information content (AvgIpc) is 3.26. The maximum absolute atomic E-state index is 13.2. The van der Waals surface area contributed by atoms with Gasteiger partial charge in [-0.25, -0.2) is 0 Å². The number of carbonyl (C=O) groups excluding carboxylic acids is 1. The Morgan fingerprint density at radius 2 is 1.87 bits per heavy atom. The summed E-state index contributed by atoms with van der Waals surface area (Å²) in [7, 11) is 3.78. The smallest absolute Gasteiger partial charge is 0.255 e. The molecule has 38 heavy (non-hydrogen) atoms. The van der Waals surface area contributed by atoms with Crippen LogP contribution >= 0.6 is 0 Å². The Morgan fingerprint density at radius 3 is 2.53 bits per heavy atom. The second kappa shape index (κ2) is 9.85. The van der Waals surface area contributed by atoms with E-state index in [2.05, 4.69) is 44.7 Å². The highest BCUT2D eigenvalue weighted by Gasteiger charge is 2.48. The van der Waals surface area contributed by atoms with E-state index in [0.29, 0.717) is 25.2 Å². The fourth-order valence-electron chi connectivity index (χ4n) is 6.57. The van der Waals surface area contributed by atoms with Crippen LogP contribution in [0.1, 0.15) is 46.1 Å². The lowest BCUT2D eigenvalue weighted by Gasteiger charge is -2.50. The van der Waals surface area contributed by atoms with Crippen LogP contribution in [0.5, 0.6) is 5.75 Å². The maximum Gasteiger partial charge on any atom is 0.255 e. The molecule has 2 aliphatic rings. The maximum atomic E-state index is 13.2. The average molecular weight is 512 g/mol. The number of hydrogen-bond donors (Lipinski definition) is 1. The summed E-state index contributed by atoms with van der Waals surface area (Å²) < 4.78 is 7.79. The summed E-state index contributed by atoms with van der Waals surface area (Å²) in [5.41, 5.74) is 5.16. The van der Waals surface area contributed by atoms with Crippen molar-refractivity contribution in [1.29, 1.82) is 0 Å². The Bertz CT molecular complexity index is 1450. The lowest BCUT2D eigenvalue weighted by Crippen LogP contribution is -2.54. The third kappa shape index (κ3) is 4.04. The molecule has 5 heterocycles. The molecule has 1 saturated heterocycles. The first-order chi connectivity index (χ1) is 18.5. The van der Waals surface area contributed by atoms with Gasteiger partial charge in [0.1, 0.15) is 5.75 Å². The van der Waals surface area contributed by atoms with Crippen molar-refractivity contribution in [2.75, 3.05) is 33.4 Å². The van der Waals surface area contributed by atoms with Gasteiger partial charge in [0.2, 0.25) is 0 Å². The molecule has 1 fully saturated rings. The molecule has 0 aliphatic carbocycles. The van der Waals surface area contributed by atoms with E-state index < -0.39 is 0 Å². The van der Waals surface area contributed by atoms with Crippen molar-refractivity contribution in [3.8, 4) is 5.75 Å². The molecule has 3 aromatic heterocycles. The molecule has 196 valence electrons. The van der Waals surface area contributed by atoms with E-state index in [9.17, 15) is 9.90 Å². The molecular weight excluding hydrogens is 478 g/mol. The highest BCUT2D eigenvalue weighted by Crippen LogP contribution is 2.50. The summed E-state index contributed by atoms with van der Waals surface area (Å²) in [6.07, 6.45) is 8.71. The number of ether oxygens (including phenoxy) is 1. The number of benzene rings is 1. The summed E-state index contributed by atoms with van der Waals surface area (Å²) in [4.78, 5) is 26.0. The number of likely N-dealkylation sites (tertiary alicyclic amines) is 1. The molecule has 4 aromatic rings. The topological polar surface area (TPSA) is 83.7 Å². The molecule has 8 heteroatoms. The number of aliphatic hydroxyl groups is 1. The SMILES string of the molecule is COc1ccc2c3c(n(C)c2c1)[C@@H](CO)N(Cc1cccnc1)CC31CCN(C(=O)c2cccnc2)CC1. The number of amides is 1. The lowest BCUT2D eigenvalue weighted by atomic mass is 9.68. The number of fused-ring (bicyclic) bond motifs is 4. The van der Waals surface area contributed by atoms with Gasteiger partial charge in [-0.05, 0) is 54.3 Å². The van der Waals surface area contributed by atoms with Gasteiger partial charge in [0.25, 0.3) is 5.91 Å². The molecule has 8 nitrogen and oxygen atoms in total. The Labute approximate surface area is 222 Å². The number of piperidine rings is 1. The fourth-order valence-corrected chi connectivity index (χ4v) is 6.57. The highest BCUT2D eigenvalue weighted by molar-refractivity contribution is 5.94. The molecule has 1 spiro atoms. The molecule has 0 unspecified atom stereocenters. The second-order valence-electron chi connectivity index (χ2n) is 10.5. The number of carbonyl (C=O) groups is 1. The Balaban J connectivity index is 1.42. The van der Waals surface area contributed by atoms with Crippen molar-refractivity contribution in [2.24, 2.45) is 7.05 Å². The number of nitrogens with zero attached hydrogens (tertiary/aromatic N) is 5. The van der Waals surface area contributed by atoms with E-state index in [1.807, 2.05) is 35.4 Å². The summed E-state index contributed by atoms with van der Waals surface area (Å²) in [6, 6.07) is 13.8. The molecule has 1 amide bonds. The van der Waals surface area contributed by atoms with Crippen molar-refractivity contribution in [2.45, 2.75) is 30.8 Å². The van der Waals surface area contributed by atoms with Crippen molar-refractivity contribution in [3.63, 3.8) is 0 Å². The predicted octanol–water partition coefficient (Wildman–Crippen LogP) is 3.70. The van der Waals surface area contributed by atoms with Gasteiger partial charge in [-0.15, -0.1) is 0 Å². The standard InChI is InChI=1S/C30H33N5O3/c1-33-25-15-23(38-2)7-8-24(25)27-28(33)26(19-36)35(18-21-5-3-11-31-16-21)20-30(27)9-13-34(14-10-30)29(37)22-6-4-12-32-17-22/h3-8,11-12,15-17,26,36H,9-10,13-14,18-20H2,1-2H3/t26-/m1/s1. The Hall–Kier alpha value is -3.75. The number of pyridine rings is 2. The summed E-state index contributed by atoms with van der Waals surface area (Å²) >= 11 is 0. The summed E-state index contributed by atoms with van der Waals surface area (Å²) in [5, 5.41) is 11.9. The number of hydrogen-bond acceptors (Lipinski definition) is 6. The molecule has 1 N–H and O–H groups in total. The van der Waals surface area contributed by atoms with E-state index in [-0.39, 0.29) is 24.0 Å². The number of aliphatic hydroxyl groups excluding tert-OH is 1. The molecule has 6 rings (SSSR count). The van der Waals surface area contributed by atoms with Crippen LogP contribution in [0, 0.1) is 0 Å². The minimum Gasteiger partial charge on any atom is -0.497 e. The molecule has 0 bridgehead atoms. The van der Waals surface area contributed by atoms with Crippen molar-refractivity contribution in [1.82, 2.24) is 24.3 Å². The number of aryl methyl sites for hydroxylation is 1.